The molecule has 0 aromatic carbocycles. The Morgan fingerprint density at radius 1 is 1.80 bits per heavy atom. The number of rotatable bonds is 1. The largest absolute Gasteiger partial charge is 0.327 e. The highest BCUT2D eigenvalue weighted by molar-refractivity contribution is 4.83. The molecule has 0 aromatic rings. The summed E-state index contributed by atoms with van der Waals surface area (Å²) in [6.07, 6.45) is 3.47. The Bertz CT molecular complexity index is 30.6. The van der Waals surface area contributed by atoms with Gasteiger partial charge in [0.2, 0.25) is 0 Å². The van der Waals surface area contributed by atoms with Crippen molar-refractivity contribution in [1.29, 1.82) is 0 Å². The van der Waals surface area contributed by atoms with Gasteiger partial charge in [0.05, 0.1) is 0 Å². The summed E-state index contributed by atoms with van der Waals surface area (Å²) in [6, 6.07) is 0. The van der Waals surface area contributed by atoms with Gasteiger partial charge in [-0.2, -0.15) is 0 Å². The van der Waals surface area contributed by atoms with E-state index in [-0.39, 0.29) is 0 Å². The van der Waals surface area contributed by atoms with Crippen LogP contribution in [0, 0.1) is 6.92 Å². The van der Waals surface area contributed by atoms with Crippen molar-refractivity contribution in [2.45, 2.75) is 0 Å². The average molecular weight is 70.1 g/mol. The Kier molecular flexibility index (Phi) is 3.48. The molecule has 0 saturated heterocycles. The summed E-state index contributed by atoms with van der Waals surface area (Å²) in [4.78, 5) is 0. The summed E-state index contributed by atoms with van der Waals surface area (Å²) < 4.78 is 0. The zero-order valence-corrected chi connectivity index (χ0v) is 3.15. The van der Waals surface area contributed by atoms with Crippen molar-refractivity contribution in [2.75, 3.05) is 6.54 Å². The minimum atomic E-state index is 0.601. The van der Waals surface area contributed by atoms with Crippen molar-refractivity contribution < 1.29 is 0 Å². The average Bonchev–Trinajstić information content (AvgIpc) is 1.41. The van der Waals surface area contributed by atoms with Gasteiger partial charge in [-0.05, 0) is 6.92 Å². The van der Waals surface area contributed by atoms with Crippen LogP contribution in [0.4, 0.5) is 0 Å². The van der Waals surface area contributed by atoms with Gasteiger partial charge in [-0.15, -0.1) is 0 Å². The van der Waals surface area contributed by atoms with Crippen LogP contribution in [0.15, 0.2) is 12.2 Å². The van der Waals surface area contributed by atoms with Gasteiger partial charge >= 0.3 is 0 Å². The summed E-state index contributed by atoms with van der Waals surface area (Å²) in [5, 5.41) is 0. The second-order valence-electron chi connectivity index (χ2n) is 0.707. The Morgan fingerprint density at radius 2 is 2.40 bits per heavy atom. The van der Waals surface area contributed by atoms with E-state index in [0.29, 0.717) is 6.54 Å². The van der Waals surface area contributed by atoms with Crippen LogP contribution in [0.5, 0.6) is 0 Å². The highest BCUT2D eigenvalue weighted by atomic mass is 14.5. The lowest BCUT2D eigenvalue weighted by atomic mass is 10.5. The van der Waals surface area contributed by atoms with Crippen molar-refractivity contribution in [2.24, 2.45) is 5.73 Å². The molecule has 0 rings (SSSR count). The number of hydrogen-bond donors (Lipinski definition) is 1. The summed E-state index contributed by atoms with van der Waals surface area (Å²) in [7, 11) is 0. The van der Waals surface area contributed by atoms with E-state index in [1.807, 2.05) is 0 Å². The molecule has 1 radical (unpaired) electrons. The van der Waals surface area contributed by atoms with Crippen molar-refractivity contribution in [3.8, 4) is 0 Å². The standard InChI is InChI=1S/C4H8N/c1-2-3-4-5/h2-3H,1,4-5H2/b3-2-. The monoisotopic (exact) mass is 70.1 g/mol. The fourth-order valence-corrected chi connectivity index (χ4v) is 0.0962. The molecule has 0 amide bonds. The summed E-state index contributed by atoms with van der Waals surface area (Å²) in [5.41, 5.74) is 5.01. The second-order valence-corrected chi connectivity index (χ2v) is 0.707. The molecule has 0 aliphatic carbocycles. The molecular weight excluding hydrogens is 62.1 g/mol. The lowest BCUT2D eigenvalue weighted by molar-refractivity contribution is 1.25. The molecule has 2 N–H and O–H groups in total. The molecule has 0 heterocycles. The first-order valence-electron chi connectivity index (χ1n) is 1.56. The van der Waals surface area contributed by atoms with Crippen LogP contribution in [0.2, 0.25) is 0 Å². The highest BCUT2D eigenvalue weighted by Gasteiger charge is 1.51. The maximum atomic E-state index is 5.01. The van der Waals surface area contributed by atoms with Crippen LogP contribution in [-0.2, 0) is 0 Å². The van der Waals surface area contributed by atoms with E-state index in [0.717, 1.165) is 0 Å². The van der Waals surface area contributed by atoms with Gasteiger partial charge in [0.1, 0.15) is 0 Å². The van der Waals surface area contributed by atoms with Crippen LogP contribution in [0.25, 0.3) is 0 Å². The second kappa shape index (κ2) is 3.70. The van der Waals surface area contributed by atoms with E-state index in [1.54, 1.807) is 12.2 Å². The molecule has 0 atom stereocenters. The zero-order chi connectivity index (χ0) is 4.12. The fourth-order valence-electron chi connectivity index (χ4n) is 0.0962. The van der Waals surface area contributed by atoms with Gasteiger partial charge < -0.3 is 5.73 Å². The van der Waals surface area contributed by atoms with Gasteiger partial charge in [0, 0.05) is 6.54 Å². The molecule has 0 bridgehead atoms. The van der Waals surface area contributed by atoms with Crippen LogP contribution in [0.3, 0.4) is 0 Å². The smallest absolute Gasteiger partial charge is 0.0106 e. The van der Waals surface area contributed by atoms with Gasteiger partial charge in [-0.3, -0.25) is 0 Å². The fraction of sp³-hybridized carbons (Fsp3) is 0.250. The van der Waals surface area contributed by atoms with Gasteiger partial charge in [-0.1, -0.05) is 12.2 Å². The summed E-state index contributed by atoms with van der Waals surface area (Å²) in [5.74, 6) is 0. The molecular formula is C4H8N. The maximum absolute atomic E-state index is 5.01. The van der Waals surface area contributed by atoms with E-state index in [9.17, 15) is 0 Å². The molecule has 1 heteroatoms. The molecule has 0 aliphatic heterocycles. The first-order valence-corrected chi connectivity index (χ1v) is 1.56. The third kappa shape index (κ3) is 3.70. The normalized spacial score (nSPS) is 10.0. The van der Waals surface area contributed by atoms with Crippen molar-refractivity contribution >= 4 is 0 Å². The molecule has 5 heavy (non-hydrogen) atoms. The molecule has 0 aromatic heterocycles. The van der Waals surface area contributed by atoms with Crippen LogP contribution >= 0.6 is 0 Å². The molecule has 29 valence electrons. The van der Waals surface area contributed by atoms with E-state index < -0.39 is 0 Å². The topological polar surface area (TPSA) is 26.0 Å². The first kappa shape index (κ1) is 4.70. The van der Waals surface area contributed by atoms with Gasteiger partial charge in [-0.25, -0.2) is 0 Å². The molecule has 0 fully saturated rings. The minimum absolute atomic E-state index is 0.601. The summed E-state index contributed by atoms with van der Waals surface area (Å²) >= 11 is 0. The lowest BCUT2D eigenvalue weighted by Gasteiger charge is -1.67. The molecule has 0 unspecified atom stereocenters. The highest BCUT2D eigenvalue weighted by Crippen LogP contribution is 1.56. The predicted molar refractivity (Wildman–Crippen MR) is 23.6 cm³/mol. The molecule has 0 saturated carbocycles. The van der Waals surface area contributed by atoms with Crippen molar-refractivity contribution in [3.63, 3.8) is 0 Å². The van der Waals surface area contributed by atoms with Crippen LogP contribution in [0.1, 0.15) is 0 Å². The van der Waals surface area contributed by atoms with Gasteiger partial charge in [0.15, 0.2) is 0 Å². The number of hydrogen-bond acceptors (Lipinski definition) is 1. The van der Waals surface area contributed by atoms with Crippen LogP contribution in [-0.4, -0.2) is 6.54 Å². The number of nitrogens with two attached hydrogens (primary N) is 1. The predicted octanol–water partition coefficient (Wildman–Crippen LogP) is 0.335. The Hall–Kier alpha value is -0.300. The Morgan fingerprint density at radius 3 is 2.40 bits per heavy atom. The molecule has 1 nitrogen and oxygen atoms in total. The zero-order valence-electron chi connectivity index (χ0n) is 3.15. The van der Waals surface area contributed by atoms with Crippen molar-refractivity contribution in [1.82, 2.24) is 0 Å². The lowest BCUT2D eigenvalue weighted by Crippen LogP contribution is -1.91. The Labute approximate surface area is 32.5 Å². The SMILES string of the molecule is [CH2]/C=C\CN. The van der Waals surface area contributed by atoms with E-state index >= 15 is 0 Å². The van der Waals surface area contributed by atoms with Crippen molar-refractivity contribution in [3.05, 3.63) is 19.1 Å². The number of allylic oxidation sites excluding steroid dienone is 1. The van der Waals surface area contributed by atoms with E-state index in [1.165, 1.54) is 0 Å². The Balaban J connectivity index is 2.62. The third-order valence-electron chi connectivity index (χ3n) is 0.303. The van der Waals surface area contributed by atoms with E-state index in [4.69, 9.17) is 5.73 Å². The maximum Gasteiger partial charge on any atom is 0.0106 e. The quantitative estimate of drug-likeness (QED) is 0.473. The third-order valence-corrected chi connectivity index (χ3v) is 0.303. The first-order chi connectivity index (χ1) is 2.41. The van der Waals surface area contributed by atoms with E-state index in [2.05, 4.69) is 6.92 Å². The molecule has 0 aliphatic rings. The van der Waals surface area contributed by atoms with Crippen LogP contribution < -0.4 is 5.73 Å². The summed E-state index contributed by atoms with van der Waals surface area (Å²) in [6.45, 7) is 4.02. The minimum Gasteiger partial charge on any atom is -0.327 e. The van der Waals surface area contributed by atoms with Gasteiger partial charge in [0.25, 0.3) is 0 Å². The molecule has 0 spiro atoms.